The van der Waals surface area contributed by atoms with Crippen LogP contribution in [0.2, 0.25) is 5.15 Å². The molecule has 1 aromatic heterocycles. The fraction of sp³-hybridized carbons (Fsp3) is 0.600. The van der Waals surface area contributed by atoms with Gasteiger partial charge < -0.3 is 15.0 Å². The third-order valence-electron chi connectivity index (χ3n) is 3.08. The number of amides is 2. The number of hydrogen-bond donors (Lipinski definition) is 1. The van der Waals surface area contributed by atoms with Crippen LogP contribution in [0.3, 0.4) is 0 Å². The van der Waals surface area contributed by atoms with Crippen molar-refractivity contribution in [2.45, 2.75) is 27.3 Å². The number of carbonyl (C=O) groups excluding carboxylic acids is 3. The SMILES string of the molecule is Cc1nn(CC(C)C)c(Cl)c1C(=O)OCC(=O)NCC(=O)N(C)C. The Morgan fingerprint density at radius 2 is 1.96 bits per heavy atom. The van der Waals surface area contributed by atoms with E-state index in [0.29, 0.717) is 18.2 Å². The number of halogens is 1. The van der Waals surface area contributed by atoms with Crippen LogP contribution >= 0.6 is 11.6 Å². The van der Waals surface area contributed by atoms with Gasteiger partial charge in [0.05, 0.1) is 12.2 Å². The van der Waals surface area contributed by atoms with E-state index in [2.05, 4.69) is 10.4 Å². The predicted octanol–water partition coefficient (Wildman–Crippen LogP) is 0.862. The molecule has 0 spiro atoms. The fourth-order valence-corrected chi connectivity index (χ4v) is 2.16. The Hall–Kier alpha value is -2.09. The Labute approximate surface area is 146 Å². The number of nitrogens with zero attached hydrogens (tertiary/aromatic N) is 3. The summed E-state index contributed by atoms with van der Waals surface area (Å²) in [4.78, 5) is 36.4. The summed E-state index contributed by atoms with van der Waals surface area (Å²) in [6.45, 7) is 5.57. The van der Waals surface area contributed by atoms with Crippen molar-refractivity contribution in [3.05, 3.63) is 16.4 Å². The van der Waals surface area contributed by atoms with Crippen molar-refractivity contribution < 1.29 is 19.1 Å². The van der Waals surface area contributed by atoms with Gasteiger partial charge in [-0.3, -0.25) is 14.3 Å². The monoisotopic (exact) mass is 358 g/mol. The molecule has 0 aromatic carbocycles. The van der Waals surface area contributed by atoms with Crippen LogP contribution in [0.15, 0.2) is 0 Å². The lowest BCUT2D eigenvalue weighted by Crippen LogP contribution is -2.38. The molecule has 24 heavy (non-hydrogen) atoms. The second-order valence-electron chi connectivity index (χ2n) is 5.97. The lowest BCUT2D eigenvalue weighted by molar-refractivity contribution is -0.131. The van der Waals surface area contributed by atoms with E-state index in [1.54, 1.807) is 21.0 Å². The number of ether oxygens (including phenoxy) is 1. The quantitative estimate of drug-likeness (QED) is 0.730. The maximum absolute atomic E-state index is 12.1. The maximum atomic E-state index is 12.1. The summed E-state index contributed by atoms with van der Waals surface area (Å²) in [6.07, 6.45) is 0. The van der Waals surface area contributed by atoms with Crippen molar-refractivity contribution in [1.29, 1.82) is 0 Å². The van der Waals surface area contributed by atoms with Crippen molar-refractivity contribution in [1.82, 2.24) is 20.0 Å². The van der Waals surface area contributed by atoms with E-state index in [0.717, 1.165) is 0 Å². The van der Waals surface area contributed by atoms with Crippen LogP contribution in [0.1, 0.15) is 29.9 Å². The second kappa shape index (κ2) is 8.68. The van der Waals surface area contributed by atoms with E-state index in [-0.39, 0.29) is 23.2 Å². The number of carbonyl (C=O) groups is 3. The van der Waals surface area contributed by atoms with Crippen molar-refractivity contribution in [3.63, 3.8) is 0 Å². The molecule has 0 atom stereocenters. The molecular weight excluding hydrogens is 336 g/mol. The Morgan fingerprint density at radius 3 is 2.50 bits per heavy atom. The highest BCUT2D eigenvalue weighted by atomic mass is 35.5. The average molecular weight is 359 g/mol. The number of esters is 1. The highest BCUT2D eigenvalue weighted by molar-refractivity contribution is 6.32. The number of likely N-dealkylation sites (N-methyl/N-ethyl adjacent to an activating group) is 1. The van der Waals surface area contributed by atoms with Crippen molar-refractivity contribution in [2.24, 2.45) is 5.92 Å². The van der Waals surface area contributed by atoms with E-state index in [9.17, 15) is 14.4 Å². The average Bonchev–Trinajstić information content (AvgIpc) is 2.75. The Kier molecular flexibility index (Phi) is 7.21. The first-order chi connectivity index (χ1) is 11.1. The smallest absolute Gasteiger partial charge is 0.343 e. The number of rotatable bonds is 7. The summed E-state index contributed by atoms with van der Waals surface area (Å²) < 4.78 is 6.48. The van der Waals surface area contributed by atoms with Gasteiger partial charge in [0.2, 0.25) is 5.91 Å². The molecule has 1 N–H and O–H groups in total. The van der Waals surface area contributed by atoms with Crippen LogP contribution in [0.25, 0.3) is 0 Å². The lowest BCUT2D eigenvalue weighted by atomic mass is 10.2. The molecule has 0 bridgehead atoms. The van der Waals surface area contributed by atoms with Gasteiger partial charge in [-0.05, 0) is 12.8 Å². The predicted molar refractivity (Wildman–Crippen MR) is 88.8 cm³/mol. The van der Waals surface area contributed by atoms with Crippen LogP contribution < -0.4 is 5.32 Å². The first-order valence-corrected chi connectivity index (χ1v) is 7.88. The molecule has 0 radical (unpaired) electrons. The number of aromatic nitrogens is 2. The minimum absolute atomic E-state index is 0.148. The maximum Gasteiger partial charge on any atom is 0.343 e. The molecule has 1 heterocycles. The summed E-state index contributed by atoms with van der Waals surface area (Å²) in [7, 11) is 3.15. The first kappa shape index (κ1) is 20.0. The van der Waals surface area contributed by atoms with Crippen LogP contribution in [0, 0.1) is 12.8 Å². The fourth-order valence-electron chi connectivity index (χ4n) is 1.84. The van der Waals surface area contributed by atoms with Crippen LogP contribution in [0.5, 0.6) is 0 Å². The lowest BCUT2D eigenvalue weighted by Gasteiger charge is -2.11. The van der Waals surface area contributed by atoms with Crippen molar-refractivity contribution in [3.8, 4) is 0 Å². The number of aryl methyl sites for hydroxylation is 1. The van der Waals surface area contributed by atoms with Crippen molar-refractivity contribution in [2.75, 3.05) is 27.2 Å². The van der Waals surface area contributed by atoms with Gasteiger partial charge in [0.1, 0.15) is 10.7 Å². The van der Waals surface area contributed by atoms with E-state index >= 15 is 0 Å². The Morgan fingerprint density at radius 1 is 1.33 bits per heavy atom. The van der Waals surface area contributed by atoms with Crippen molar-refractivity contribution >= 4 is 29.4 Å². The molecule has 0 fully saturated rings. The van der Waals surface area contributed by atoms with E-state index in [1.165, 1.54) is 9.58 Å². The van der Waals surface area contributed by atoms with Gasteiger partial charge in [0.25, 0.3) is 5.91 Å². The Balaban J connectivity index is 2.61. The van der Waals surface area contributed by atoms with Crippen LogP contribution in [-0.4, -0.2) is 59.7 Å². The third-order valence-corrected chi connectivity index (χ3v) is 3.46. The minimum Gasteiger partial charge on any atom is -0.452 e. The molecule has 0 aliphatic carbocycles. The zero-order chi connectivity index (χ0) is 18.4. The van der Waals surface area contributed by atoms with Gasteiger partial charge >= 0.3 is 5.97 Å². The minimum atomic E-state index is -0.721. The van der Waals surface area contributed by atoms with Gasteiger partial charge in [-0.2, -0.15) is 5.10 Å². The van der Waals surface area contributed by atoms with Gasteiger partial charge in [-0.15, -0.1) is 0 Å². The molecule has 134 valence electrons. The van der Waals surface area contributed by atoms with E-state index in [4.69, 9.17) is 16.3 Å². The van der Waals surface area contributed by atoms with Gasteiger partial charge in [-0.1, -0.05) is 25.4 Å². The number of hydrogen-bond acceptors (Lipinski definition) is 5. The van der Waals surface area contributed by atoms with Gasteiger partial charge in [-0.25, -0.2) is 4.79 Å². The molecule has 9 heteroatoms. The summed E-state index contributed by atoms with van der Waals surface area (Å²) in [5.41, 5.74) is 0.586. The zero-order valence-electron chi connectivity index (χ0n) is 14.6. The topological polar surface area (TPSA) is 93.5 Å². The van der Waals surface area contributed by atoms with Crippen LogP contribution in [-0.2, 0) is 20.9 Å². The molecule has 0 saturated carbocycles. The van der Waals surface area contributed by atoms with E-state index < -0.39 is 18.5 Å². The van der Waals surface area contributed by atoms with Crippen LogP contribution in [0.4, 0.5) is 0 Å². The first-order valence-electron chi connectivity index (χ1n) is 7.50. The molecule has 0 saturated heterocycles. The van der Waals surface area contributed by atoms with Gasteiger partial charge in [0, 0.05) is 20.6 Å². The molecule has 2 amide bonds. The molecule has 0 aliphatic heterocycles. The standard InChI is InChI=1S/C15H23ClN4O4/c1-9(2)7-20-14(16)13(10(3)18-20)15(23)24-8-11(21)17-6-12(22)19(4)5/h9H,6-8H2,1-5H3,(H,17,21). The van der Waals surface area contributed by atoms with E-state index in [1.807, 2.05) is 13.8 Å². The molecule has 8 nitrogen and oxygen atoms in total. The molecular formula is C15H23ClN4O4. The molecule has 0 aliphatic rings. The highest BCUT2D eigenvalue weighted by Gasteiger charge is 2.22. The summed E-state index contributed by atoms with van der Waals surface area (Å²) in [5, 5.41) is 6.77. The largest absolute Gasteiger partial charge is 0.452 e. The third kappa shape index (κ3) is 5.52. The molecule has 1 aromatic rings. The summed E-state index contributed by atoms with van der Waals surface area (Å²) >= 11 is 6.17. The number of nitrogens with one attached hydrogen (secondary N) is 1. The second-order valence-corrected chi connectivity index (χ2v) is 6.33. The molecule has 0 unspecified atom stereocenters. The highest BCUT2D eigenvalue weighted by Crippen LogP contribution is 2.21. The zero-order valence-corrected chi connectivity index (χ0v) is 15.3. The summed E-state index contributed by atoms with van der Waals surface area (Å²) in [6, 6.07) is 0. The normalized spacial score (nSPS) is 10.6. The molecule has 1 rings (SSSR count). The summed E-state index contributed by atoms with van der Waals surface area (Å²) in [5.74, 6) is -1.24. The Bertz CT molecular complexity index is 625. The van der Waals surface area contributed by atoms with Gasteiger partial charge in [0.15, 0.2) is 6.61 Å².